The van der Waals surface area contributed by atoms with Crippen molar-refractivity contribution in [3.63, 3.8) is 0 Å². The number of hydrogen-bond acceptors (Lipinski definition) is 5. The first kappa shape index (κ1) is 9.34. The normalized spacial score (nSPS) is 9.87. The third kappa shape index (κ3) is 1.99. The molecule has 0 saturated carbocycles. The second-order valence-corrected chi connectivity index (χ2v) is 3.01. The lowest BCUT2D eigenvalue weighted by molar-refractivity contribution is 0.387. The van der Waals surface area contributed by atoms with Gasteiger partial charge in [0, 0.05) is 5.69 Å². The third-order valence-electron chi connectivity index (χ3n) is 1.82. The van der Waals surface area contributed by atoms with E-state index in [2.05, 4.69) is 15.1 Å². The molecule has 15 heavy (non-hydrogen) atoms. The van der Waals surface area contributed by atoms with Gasteiger partial charge in [-0.05, 0) is 19.1 Å². The Kier molecular flexibility index (Phi) is 2.42. The zero-order valence-corrected chi connectivity index (χ0v) is 8.14. The molecule has 2 heterocycles. The SMILES string of the molecule is Cc1cccc(-c2noc(CC#N)n2)n1. The van der Waals surface area contributed by atoms with Crippen LogP contribution in [0.5, 0.6) is 0 Å². The van der Waals surface area contributed by atoms with E-state index in [0.29, 0.717) is 17.4 Å². The largest absolute Gasteiger partial charge is 0.338 e. The molecule has 5 heteroatoms. The molecule has 0 bridgehead atoms. The molecule has 74 valence electrons. The molecule has 0 saturated heterocycles. The summed E-state index contributed by atoms with van der Waals surface area (Å²) in [7, 11) is 0. The molecule has 5 nitrogen and oxygen atoms in total. The van der Waals surface area contributed by atoms with Gasteiger partial charge in [0.05, 0.1) is 6.07 Å². The summed E-state index contributed by atoms with van der Waals surface area (Å²) in [6.07, 6.45) is 0.124. The molecule has 0 aliphatic rings. The molecule has 0 fully saturated rings. The Morgan fingerprint density at radius 3 is 3.00 bits per heavy atom. The second kappa shape index (κ2) is 3.88. The molecule has 2 rings (SSSR count). The molecule has 0 aliphatic heterocycles. The summed E-state index contributed by atoms with van der Waals surface area (Å²) in [5.74, 6) is 0.736. The molecule has 0 atom stereocenters. The maximum Gasteiger partial charge on any atom is 0.241 e. The van der Waals surface area contributed by atoms with Gasteiger partial charge in [-0.1, -0.05) is 11.2 Å². The van der Waals surface area contributed by atoms with Crippen LogP contribution in [-0.2, 0) is 6.42 Å². The third-order valence-corrected chi connectivity index (χ3v) is 1.82. The molecule has 0 amide bonds. The minimum Gasteiger partial charge on any atom is -0.338 e. The Hall–Kier alpha value is -2.22. The average Bonchev–Trinajstić information content (AvgIpc) is 2.67. The summed E-state index contributed by atoms with van der Waals surface area (Å²) < 4.78 is 4.88. The number of nitriles is 1. The first-order valence-electron chi connectivity index (χ1n) is 4.43. The van der Waals surface area contributed by atoms with Crippen molar-refractivity contribution in [3.05, 3.63) is 29.8 Å². The number of aromatic nitrogens is 3. The van der Waals surface area contributed by atoms with Gasteiger partial charge in [-0.2, -0.15) is 10.2 Å². The number of hydrogen-bond donors (Lipinski definition) is 0. The lowest BCUT2D eigenvalue weighted by atomic mass is 10.3. The van der Waals surface area contributed by atoms with E-state index in [1.165, 1.54) is 0 Å². The van der Waals surface area contributed by atoms with E-state index < -0.39 is 0 Å². The van der Waals surface area contributed by atoms with Gasteiger partial charge >= 0.3 is 0 Å². The van der Waals surface area contributed by atoms with Gasteiger partial charge in [0.1, 0.15) is 12.1 Å². The molecular formula is C10H8N4O. The van der Waals surface area contributed by atoms with Crippen LogP contribution < -0.4 is 0 Å². The molecule has 0 aromatic carbocycles. The molecule has 2 aromatic heterocycles. The standard InChI is InChI=1S/C10H8N4O/c1-7-3-2-4-8(12-7)10-13-9(5-6-11)15-14-10/h2-4H,5H2,1H3. The van der Waals surface area contributed by atoms with Crippen molar-refractivity contribution in [2.75, 3.05) is 0 Å². The fraction of sp³-hybridized carbons (Fsp3) is 0.200. The van der Waals surface area contributed by atoms with Crippen LogP contribution in [0, 0.1) is 18.3 Å². The van der Waals surface area contributed by atoms with Crippen LogP contribution in [0.2, 0.25) is 0 Å². The fourth-order valence-corrected chi connectivity index (χ4v) is 1.17. The summed E-state index contributed by atoms with van der Waals surface area (Å²) in [4.78, 5) is 8.30. The monoisotopic (exact) mass is 200 g/mol. The predicted molar refractivity (Wildman–Crippen MR) is 51.6 cm³/mol. The lowest BCUT2D eigenvalue weighted by Gasteiger charge is -1.93. The quantitative estimate of drug-likeness (QED) is 0.734. The minimum absolute atomic E-state index is 0.124. The molecule has 2 aromatic rings. The van der Waals surface area contributed by atoms with Gasteiger partial charge in [-0.15, -0.1) is 0 Å². The highest BCUT2D eigenvalue weighted by Crippen LogP contribution is 2.13. The van der Waals surface area contributed by atoms with Crippen LogP contribution in [0.4, 0.5) is 0 Å². The second-order valence-electron chi connectivity index (χ2n) is 3.01. The smallest absolute Gasteiger partial charge is 0.241 e. The molecule has 0 aliphatic carbocycles. The van der Waals surface area contributed by atoms with Crippen LogP contribution in [0.15, 0.2) is 22.7 Å². The zero-order valence-electron chi connectivity index (χ0n) is 8.14. The zero-order chi connectivity index (χ0) is 10.7. The molecule has 0 unspecified atom stereocenters. The van der Waals surface area contributed by atoms with Crippen molar-refractivity contribution < 1.29 is 4.52 Å². The van der Waals surface area contributed by atoms with E-state index in [0.717, 1.165) is 5.69 Å². The van der Waals surface area contributed by atoms with Crippen molar-refractivity contribution >= 4 is 0 Å². The Balaban J connectivity index is 2.34. The van der Waals surface area contributed by atoms with Gasteiger partial charge in [0.2, 0.25) is 11.7 Å². The number of nitrogens with zero attached hydrogens (tertiary/aromatic N) is 4. The average molecular weight is 200 g/mol. The summed E-state index contributed by atoms with van der Waals surface area (Å²) in [5, 5.41) is 12.2. The molecule has 0 N–H and O–H groups in total. The maximum absolute atomic E-state index is 8.45. The van der Waals surface area contributed by atoms with E-state index in [4.69, 9.17) is 9.78 Å². The van der Waals surface area contributed by atoms with Crippen LogP contribution in [0.25, 0.3) is 11.5 Å². The van der Waals surface area contributed by atoms with Gasteiger partial charge in [-0.25, -0.2) is 4.98 Å². The summed E-state index contributed by atoms with van der Waals surface area (Å²) in [6, 6.07) is 7.50. The summed E-state index contributed by atoms with van der Waals surface area (Å²) in [6.45, 7) is 1.89. The number of pyridine rings is 1. The van der Waals surface area contributed by atoms with Crippen molar-refractivity contribution in [2.45, 2.75) is 13.3 Å². The van der Waals surface area contributed by atoms with Crippen LogP contribution in [0.3, 0.4) is 0 Å². The highest BCUT2D eigenvalue weighted by molar-refractivity contribution is 5.47. The molecule has 0 spiro atoms. The maximum atomic E-state index is 8.45. The Labute approximate surface area is 86.4 Å². The van der Waals surface area contributed by atoms with Crippen molar-refractivity contribution in [1.29, 1.82) is 5.26 Å². The van der Waals surface area contributed by atoms with Crippen molar-refractivity contribution in [3.8, 4) is 17.6 Å². The van der Waals surface area contributed by atoms with Crippen LogP contribution >= 0.6 is 0 Å². The summed E-state index contributed by atoms with van der Waals surface area (Å²) >= 11 is 0. The Bertz CT molecular complexity index is 512. The van der Waals surface area contributed by atoms with Crippen molar-refractivity contribution in [2.24, 2.45) is 0 Å². The van der Waals surface area contributed by atoms with Crippen LogP contribution in [0.1, 0.15) is 11.6 Å². The van der Waals surface area contributed by atoms with E-state index in [1.807, 2.05) is 25.1 Å². The van der Waals surface area contributed by atoms with E-state index >= 15 is 0 Å². The first-order chi connectivity index (χ1) is 7.29. The van der Waals surface area contributed by atoms with Gasteiger partial charge in [0.25, 0.3) is 0 Å². The number of aryl methyl sites for hydroxylation is 1. The van der Waals surface area contributed by atoms with E-state index in [9.17, 15) is 0 Å². The topological polar surface area (TPSA) is 75.6 Å². The molecular weight excluding hydrogens is 192 g/mol. The van der Waals surface area contributed by atoms with Gasteiger partial charge in [0.15, 0.2) is 0 Å². The summed E-state index contributed by atoms with van der Waals surface area (Å²) in [5.41, 5.74) is 1.54. The van der Waals surface area contributed by atoms with Gasteiger partial charge < -0.3 is 4.52 Å². The Morgan fingerprint density at radius 2 is 2.27 bits per heavy atom. The van der Waals surface area contributed by atoms with Crippen LogP contribution in [-0.4, -0.2) is 15.1 Å². The Morgan fingerprint density at radius 1 is 1.40 bits per heavy atom. The highest BCUT2D eigenvalue weighted by Gasteiger charge is 2.08. The lowest BCUT2D eigenvalue weighted by Crippen LogP contribution is -1.88. The predicted octanol–water partition coefficient (Wildman–Crippen LogP) is 1.51. The number of rotatable bonds is 2. The highest BCUT2D eigenvalue weighted by atomic mass is 16.5. The molecule has 0 radical (unpaired) electrons. The van der Waals surface area contributed by atoms with Gasteiger partial charge in [-0.3, -0.25) is 0 Å². The first-order valence-corrected chi connectivity index (χ1v) is 4.43. The van der Waals surface area contributed by atoms with Crippen molar-refractivity contribution in [1.82, 2.24) is 15.1 Å². The fourth-order valence-electron chi connectivity index (χ4n) is 1.17. The van der Waals surface area contributed by atoms with E-state index in [1.54, 1.807) is 6.07 Å². The minimum atomic E-state index is 0.124. The van der Waals surface area contributed by atoms with E-state index in [-0.39, 0.29) is 6.42 Å².